The average Bonchev–Trinajstić information content (AvgIpc) is 2.47. The van der Waals surface area contributed by atoms with Crippen LogP contribution >= 0.6 is 0 Å². The van der Waals surface area contributed by atoms with Crippen molar-refractivity contribution in [2.24, 2.45) is 0 Å². The van der Waals surface area contributed by atoms with E-state index in [2.05, 4.69) is 29.6 Å². The molecule has 0 aliphatic rings. The number of hydrogen-bond acceptors (Lipinski definition) is 3. The third-order valence-electron chi connectivity index (χ3n) is 2.43. The Labute approximate surface area is 112 Å². The van der Waals surface area contributed by atoms with Crippen molar-refractivity contribution in [1.29, 1.82) is 0 Å². The molecule has 3 N–H and O–H groups in total. The predicted molar refractivity (Wildman–Crippen MR) is 76.1 cm³/mol. The number of aliphatic hydroxyl groups is 1. The summed E-state index contributed by atoms with van der Waals surface area (Å²) in [6.07, 6.45) is 0. The molecule has 0 fully saturated rings. The van der Waals surface area contributed by atoms with E-state index in [4.69, 9.17) is 15.0 Å². The van der Waals surface area contributed by atoms with E-state index >= 15 is 0 Å². The molecule has 0 spiro atoms. The fourth-order valence-electron chi connectivity index (χ4n) is 1.61. The minimum Gasteiger partial charge on any atom is -0.483 e. The van der Waals surface area contributed by atoms with Crippen LogP contribution < -0.4 is 5.32 Å². The second-order valence-corrected chi connectivity index (χ2v) is 3.70. The second-order valence-electron chi connectivity index (χ2n) is 3.70. The first-order valence-electron chi connectivity index (χ1n) is 5.90. The first-order valence-corrected chi connectivity index (χ1v) is 5.90. The van der Waals surface area contributed by atoms with Crippen molar-refractivity contribution in [3.63, 3.8) is 0 Å². The lowest BCUT2D eigenvalue weighted by atomic mass is 10.1. The minimum absolute atomic E-state index is 0.153. The Morgan fingerprint density at radius 3 is 2.00 bits per heavy atom. The molecular formula is C15H17NO3. The monoisotopic (exact) mass is 259 g/mol. The van der Waals surface area contributed by atoms with Gasteiger partial charge in [-0.1, -0.05) is 42.5 Å². The van der Waals surface area contributed by atoms with Crippen LogP contribution in [0.1, 0.15) is 0 Å². The molecule has 19 heavy (non-hydrogen) atoms. The van der Waals surface area contributed by atoms with Crippen molar-refractivity contribution >= 4 is 12.2 Å². The SMILES string of the molecule is O=CO.OCCNc1ccc(-c2ccccc2)cc1. The van der Waals surface area contributed by atoms with Crippen LogP contribution in [-0.2, 0) is 4.79 Å². The lowest BCUT2D eigenvalue weighted by Gasteiger charge is -2.06. The maximum absolute atomic E-state index is 8.70. The second kappa shape index (κ2) is 8.72. The van der Waals surface area contributed by atoms with E-state index in [0.717, 1.165) is 5.69 Å². The fourth-order valence-corrected chi connectivity index (χ4v) is 1.61. The van der Waals surface area contributed by atoms with Gasteiger partial charge in [-0.05, 0) is 23.3 Å². The molecule has 0 aliphatic carbocycles. The number of hydrogen-bond donors (Lipinski definition) is 3. The van der Waals surface area contributed by atoms with Crippen molar-refractivity contribution in [2.75, 3.05) is 18.5 Å². The molecule has 0 atom stereocenters. The molecule has 4 heteroatoms. The highest BCUT2D eigenvalue weighted by atomic mass is 16.3. The molecular weight excluding hydrogens is 242 g/mol. The van der Waals surface area contributed by atoms with Gasteiger partial charge in [0.2, 0.25) is 0 Å². The maximum atomic E-state index is 8.70. The number of aliphatic hydroxyl groups excluding tert-OH is 1. The Hall–Kier alpha value is -2.33. The van der Waals surface area contributed by atoms with E-state index < -0.39 is 0 Å². The Morgan fingerprint density at radius 2 is 1.47 bits per heavy atom. The number of anilines is 1. The van der Waals surface area contributed by atoms with Gasteiger partial charge in [0.05, 0.1) is 6.61 Å². The lowest BCUT2D eigenvalue weighted by molar-refractivity contribution is -0.122. The first-order chi connectivity index (χ1) is 9.31. The molecule has 0 saturated heterocycles. The van der Waals surface area contributed by atoms with Crippen LogP contribution in [0.25, 0.3) is 11.1 Å². The van der Waals surface area contributed by atoms with Gasteiger partial charge in [0.1, 0.15) is 0 Å². The molecule has 0 aromatic heterocycles. The van der Waals surface area contributed by atoms with Crippen molar-refractivity contribution < 1.29 is 15.0 Å². The van der Waals surface area contributed by atoms with Crippen LogP contribution in [0.15, 0.2) is 54.6 Å². The van der Waals surface area contributed by atoms with Gasteiger partial charge in [0.15, 0.2) is 0 Å². The lowest BCUT2D eigenvalue weighted by Crippen LogP contribution is -2.04. The summed E-state index contributed by atoms with van der Waals surface area (Å²) in [4.78, 5) is 8.36. The number of benzene rings is 2. The third-order valence-corrected chi connectivity index (χ3v) is 2.43. The Kier molecular flexibility index (Phi) is 6.76. The maximum Gasteiger partial charge on any atom is 0.290 e. The van der Waals surface area contributed by atoms with Crippen LogP contribution in [0.5, 0.6) is 0 Å². The Morgan fingerprint density at radius 1 is 0.947 bits per heavy atom. The quantitative estimate of drug-likeness (QED) is 0.738. The molecule has 2 aromatic rings. The summed E-state index contributed by atoms with van der Waals surface area (Å²) >= 11 is 0. The molecule has 0 bridgehead atoms. The number of rotatable bonds is 4. The van der Waals surface area contributed by atoms with Crippen LogP contribution in [0.2, 0.25) is 0 Å². The van der Waals surface area contributed by atoms with Crippen LogP contribution in [0, 0.1) is 0 Å². The molecule has 0 aliphatic heterocycles. The predicted octanol–water partition coefficient (Wildman–Crippen LogP) is 2.46. The third kappa shape index (κ3) is 5.23. The summed E-state index contributed by atoms with van der Waals surface area (Å²) in [6.45, 7) is 0.491. The standard InChI is InChI=1S/C14H15NO.CH2O2/c16-11-10-15-14-8-6-13(7-9-14)12-4-2-1-3-5-12;2-1-3/h1-9,15-16H,10-11H2;1H,(H,2,3). The van der Waals surface area contributed by atoms with Crippen molar-refractivity contribution in [3.05, 3.63) is 54.6 Å². The van der Waals surface area contributed by atoms with E-state index in [1.807, 2.05) is 30.3 Å². The van der Waals surface area contributed by atoms with E-state index in [1.165, 1.54) is 11.1 Å². The van der Waals surface area contributed by atoms with E-state index in [1.54, 1.807) is 0 Å². The van der Waals surface area contributed by atoms with Crippen molar-refractivity contribution in [2.45, 2.75) is 0 Å². The fraction of sp³-hybridized carbons (Fsp3) is 0.133. The average molecular weight is 259 g/mol. The van der Waals surface area contributed by atoms with Gasteiger partial charge >= 0.3 is 0 Å². The highest BCUT2D eigenvalue weighted by Crippen LogP contribution is 2.20. The molecule has 2 rings (SSSR count). The molecule has 4 nitrogen and oxygen atoms in total. The zero-order valence-electron chi connectivity index (χ0n) is 10.5. The molecule has 0 amide bonds. The molecule has 0 radical (unpaired) electrons. The van der Waals surface area contributed by atoms with Crippen LogP contribution in [0.3, 0.4) is 0 Å². The minimum atomic E-state index is -0.250. The van der Waals surface area contributed by atoms with Crippen LogP contribution in [0.4, 0.5) is 5.69 Å². The zero-order valence-corrected chi connectivity index (χ0v) is 10.5. The topological polar surface area (TPSA) is 69.6 Å². The van der Waals surface area contributed by atoms with Crippen molar-refractivity contribution in [3.8, 4) is 11.1 Å². The Bertz CT molecular complexity index is 469. The summed E-state index contributed by atoms with van der Waals surface area (Å²) in [5, 5.41) is 18.7. The highest BCUT2D eigenvalue weighted by Gasteiger charge is 1.96. The summed E-state index contributed by atoms with van der Waals surface area (Å²) < 4.78 is 0. The summed E-state index contributed by atoms with van der Waals surface area (Å²) in [5.41, 5.74) is 3.46. The molecule has 0 saturated carbocycles. The number of nitrogens with one attached hydrogen (secondary N) is 1. The van der Waals surface area contributed by atoms with Gasteiger partial charge in [0.25, 0.3) is 6.47 Å². The number of carbonyl (C=O) groups is 1. The summed E-state index contributed by atoms with van der Waals surface area (Å²) in [6, 6.07) is 18.5. The normalized spacial score (nSPS) is 9.11. The first kappa shape index (κ1) is 14.7. The van der Waals surface area contributed by atoms with Gasteiger partial charge in [-0.3, -0.25) is 4.79 Å². The molecule has 2 aromatic carbocycles. The van der Waals surface area contributed by atoms with Gasteiger partial charge < -0.3 is 15.5 Å². The number of carboxylic acid groups (broad SMARTS) is 1. The van der Waals surface area contributed by atoms with Crippen LogP contribution in [-0.4, -0.2) is 29.8 Å². The molecule has 0 unspecified atom stereocenters. The summed E-state index contributed by atoms with van der Waals surface area (Å²) in [7, 11) is 0. The highest BCUT2D eigenvalue weighted by molar-refractivity contribution is 5.65. The van der Waals surface area contributed by atoms with Crippen molar-refractivity contribution in [1.82, 2.24) is 0 Å². The zero-order chi connectivity index (χ0) is 13.9. The Balaban J connectivity index is 0.000000550. The molecule has 100 valence electrons. The molecule has 0 heterocycles. The van der Waals surface area contributed by atoms with Gasteiger partial charge in [0, 0.05) is 12.2 Å². The van der Waals surface area contributed by atoms with E-state index in [0.29, 0.717) is 6.54 Å². The van der Waals surface area contributed by atoms with Gasteiger partial charge in [-0.2, -0.15) is 0 Å². The van der Waals surface area contributed by atoms with E-state index in [-0.39, 0.29) is 13.1 Å². The van der Waals surface area contributed by atoms with Gasteiger partial charge in [-0.15, -0.1) is 0 Å². The largest absolute Gasteiger partial charge is 0.483 e. The van der Waals surface area contributed by atoms with Gasteiger partial charge in [-0.25, -0.2) is 0 Å². The van der Waals surface area contributed by atoms with E-state index in [9.17, 15) is 0 Å². The summed E-state index contributed by atoms with van der Waals surface area (Å²) in [5.74, 6) is 0. The smallest absolute Gasteiger partial charge is 0.290 e.